The molecule has 1 aromatic carbocycles. The topological polar surface area (TPSA) is 58.1 Å². The Morgan fingerprint density at radius 2 is 1.86 bits per heavy atom. The number of hydrogen-bond donors (Lipinski definition) is 2. The first-order chi connectivity index (χ1) is 13.6. The summed E-state index contributed by atoms with van der Waals surface area (Å²) in [5, 5.41) is 6.93. The van der Waals surface area contributed by atoms with Crippen molar-refractivity contribution in [3.63, 3.8) is 0 Å². The zero-order valence-corrected chi connectivity index (χ0v) is 20.4. The molecule has 29 heavy (non-hydrogen) atoms. The van der Waals surface area contributed by atoms with Crippen LogP contribution in [0.1, 0.15) is 45.1 Å². The zero-order chi connectivity index (χ0) is 19.8. The van der Waals surface area contributed by atoms with Crippen molar-refractivity contribution in [1.82, 2.24) is 15.5 Å². The van der Waals surface area contributed by atoms with Crippen LogP contribution in [0.3, 0.4) is 0 Å². The summed E-state index contributed by atoms with van der Waals surface area (Å²) in [5.74, 6) is 1.81. The van der Waals surface area contributed by atoms with Gasteiger partial charge in [-0.1, -0.05) is 18.2 Å². The van der Waals surface area contributed by atoms with Gasteiger partial charge in [0.2, 0.25) is 0 Å². The number of morpholine rings is 1. The van der Waals surface area contributed by atoms with Gasteiger partial charge in [0.05, 0.1) is 19.3 Å². The maximum Gasteiger partial charge on any atom is 0.191 e. The highest BCUT2D eigenvalue weighted by Crippen LogP contribution is 2.26. The van der Waals surface area contributed by atoms with Gasteiger partial charge in [0, 0.05) is 44.3 Å². The molecule has 1 heterocycles. The smallest absolute Gasteiger partial charge is 0.191 e. The van der Waals surface area contributed by atoms with E-state index in [9.17, 15) is 0 Å². The van der Waals surface area contributed by atoms with Gasteiger partial charge in [-0.15, -0.1) is 24.0 Å². The van der Waals surface area contributed by atoms with Crippen LogP contribution in [0.25, 0.3) is 0 Å². The molecule has 1 aliphatic carbocycles. The number of hydrogen-bond acceptors (Lipinski definition) is 4. The third-order valence-corrected chi connectivity index (χ3v) is 5.79. The number of benzene rings is 1. The lowest BCUT2D eigenvalue weighted by Gasteiger charge is -2.41. The lowest BCUT2D eigenvalue weighted by molar-refractivity contribution is -0.00834. The molecule has 0 bridgehead atoms. The number of guanidine groups is 1. The van der Waals surface area contributed by atoms with Crippen LogP contribution in [0.4, 0.5) is 0 Å². The lowest BCUT2D eigenvalue weighted by atomic mass is 10.0. The van der Waals surface area contributed by atoms with E-state index in [0.29, 0.717) is 12.6 Å². The Morgan fingerprint density at radius 1 is 1.17 bits per heavy atom. The van der Waals surface area contributed by atoms with E-state index in [4.69, 9.17) is 9.47 Å². The molecule has 2 N–H and O–H groups in total. The molecule has 1 saturated carbocycles. The first-order valence-electron chi connectivity index (χ1n) is 10.6. The molecule has 1 aromatic rings. The predicted molar refractivity (Wildman–Crippen MR) is 129 cm³/mol. The van der Waals surface area contributed by atoms with Crippen LogP contribution in [0.5, 0.6) is 5.75 Å². The van der Waals surface area contributed by atoms with Crippen molar-refractivity contribution >= 4 is 29.9 Å². The van der Waals surface area contributed by atoms with E-state index in [1.165, 1.54) is 31.2 Å². The van der Waals surface area contributed by atoms with E-state index >= 15 is 0 Å². The molecule has 0 unspecified atom stereocenters. The summed E-state index contributed by atoms with van der Waals surface area (Å²) < 4.78 is 11.7. The highest BCUT2D eigenvalue weighted by atomic mass is 127. The molecule has 2 aliphatic rings. The maximum absolute atomic E-state index is 6.25. The van der Waals surface area contributed by atoms with E-state index in [0.717, 1.165) is 44.6 Å². The minimum absolute atomic E-state index is 0. The van der Waals surface area contributed by atoms with Crippen molar-refractivity contribution in [2.45, 2.75) is 57.7 Å². The van der Waals surface area contributed by atoms with Crippen molar-refractivity contribution in [2.24, 2.45) is 4.99 Å². The molecule has 1 aliphatic heterocycles. The average Bonchev–Trinajstić information content (AvgIpc) is 3.23. The van der Waals surface area contributed by atoms with Crippen molar-refractivity contribution < 1.29 is 9.47 Å². The Bertz CT molecular complexity index is 641. The third kappa shape index (κ3) is 7.29. The second-order valence-electron chi connectivity index (χ2n) is 8.32. The number of nitrogens with zero attached hydrogens (tertiary/aromatic N) is 2. The van der Waals surface area contributed by atoms with Crippen LogP contribution in [0, 0.1) is 0 Å². The number of rotatable bonds is 7. The molecule has 0 atom stereocenters. The fourth-order valence-electron chi connectivity index (χ4n) is 3.93. The Labute approximate surface area is 192 Å². The molecular formula is C22H37IN4O2. The first kappa shape index (κ1) is 24.2. The van der Waals surface area contributed by atoms with Crippen LogP contribution in [0.15, 0.2) is 29.3 Å². The Morgan fingerprint density at radius 3 is 2.55 bits per heavy atom. The van der Waals surface area contributed by atoms with Gasteiger partial charge in [-0.25, -0.2) is 0 Å². The average molecular weight is 516 g/mol. The van der Waals surface area contributed by atoms with Crippen molar-refractivity contribution in [3.05, 3.63) is 29.8 Å². The second kappa shape index (κ2) is 12.0. The number of ether oxygens (including phenoxy) is 2. The van der Waals surface area contributed by atoms with Gasteiger partial charge in [0.25, 0.3) is 0 Å². The zero-order valence-electron chi connectivity index (χ0n) is 18.1. The van der Waals surface area contributed by atoms with Crippen LogP contribution in [-0.2, 0) is 11.3 Å². The summed E-state index contributed by atoms with van der Waals surface area (Å²) in [6.07, 6.45) is 5.26. The van der Waals surface area contributed by atoms with E-state index in [-0.39, 0.29) is 29.5 Å². The Kier molecular flexibility index (Phi) is 9.98. The Hall–Kier alpha value is -1.06. The SMILES string of the molecule is CN=C(NCc1ccccc1OC1CCCC1)NCC(C)(C)N1CCOCC1.I. The van der Waals surface area contributed by atoms with Gasteiger partial charge in [-0.3, -0.25) is 9.89 Å². The predicted octanol–water partition coefficient (Wildman–Crippen LogP) is 3.40. The number of nitrogens with one attached hydrogen (secondary N) is 2. The van der Waals surface area contributed by atoms with Gasteiger partial charge in [0.1, 0.15) is 5.75 Å². The molecule has 0 spiro atoms. The van der Waals surface area contributed by atoms with E-state index in [1.54, 1.807) is 0 Å². The normalized spacial score (nSPS) is 18.9. The molecular weight excluding hydrogens is 479 g/mol. The van der Waals surface area contributed by atoms with Crippen molar-refractivity contribution in [2.75, 3.05) is 39.9 Å². The second-order valence-corrected chi connectivity index (χ2v) is 8.32. The molecule has 1 saturated heterocycles. The summed E-state index contributed by atoms with van der Waals surface area (Å²) in [6.45, 7) is 9.64. The number of halogens is 1. The minimum Gasteiger partial charge on any atom is -0.490 e. The van der Waals surface area contributed by atoms with Crippen LogP contribution in [0.2, 0.25) is 0 Å². The summed E-state index contributed by atoms with van der Waals surface area (Å²) >= 11 is 0. The van der Waals surface area contributed by atoms with Gasteiger partial charge in [-0.2, -0.15) is 0 Å². The Balaban J connectivity index is 0.00000300. The van der Waals surface area contributed by atoms with Crippen molar-refractivity contribution in [3.8, 4) is 5.75 Å². The van der Waals surface area contributed by atoms with Gasteiger partial charge >= 0.3 is 0 Å². The molecule has 0 aromatic heterocycles. The summed E-state index contributed by atoms with van der Waals surface area (Å²) in [5.41, 5.74) is 1.22. The molecule has 3 rings (SSSR count). The van der Waals surface area contributed by atoms with E-state index in [1.807, 2.05) is 13.1 Å². The van der Waals surface area contributed by atoms with Gasteiger partial charge < -0.3 is 20.1 Å². The quantitative estimate of drug-likeness (QED) is 0.331. The standard InChI is InChI=1S/C22H36N4O2.HI/c1-22(2,26-12-14-27-15-13-26)17-25-21(23-3)24-16-18-8-4-7-11-20(18)28-19-9-5-6-10-19;/h4,7-8,11,19H,5-6,9-10,12-17H2,1-3H3,(H2,23,24,25);1H. The fraction of sp³-hybridized carbons (Fsp3) is 0.682. The monoisotopic (exact) mass is 516 g/mol. The molecule has 6 nitrogen and oxygen atoms in total. The highest BCUT2D eigenvalue weighted by molar-refractivity contribution is 14.0. The number of aliphatic imine (C=N–C) groups is 1. The van der Waals surface area contributed by atoms with Gasteiger partial charge in [-0.05, 0) is 45.6 Å². The highest BCUT2D eigenvalue weighted by Gasteiger charge is 2.28. The summed E-state index contributed by atoms with van der Waals surface area (Å²) in [7, 11) is 1.82. The molecule has 0 amide bonds. The maximum atomic E-state index is 6.25. The summed E-state index contributed by atoms with van der Waals surface area (Å²) in [4.78, 5) is 6.87. The molecule has 164 valence electrons. The minimum atomic E-state index is 0. The van der Waals surface area contributed by atoms with E-state index < -0.39 is 0 Å². The fourth-order valence-corrected chi connectivity index (χ4v) is 3.93. The van der Waals surface area contributed by atoms with Crippen molar-refractivity contribution in [1.29, 1.82) is 0 Å². The van der Waals surface area contributed by atoms with E-state index in [2.05, 4.69) is 52.6 Å². The number of para-hydroxylation sites is 1. The van der Waals surface area contributed by atoms with Crippen LogP contribution < -0.4 is 15.4 Å². The van der Waals surface area contributed by atoms with Crippen LogP contribution >= 0.6 is 24.0 Å². The lowest BCUT2D eigenvalue weighted by Crippen LogP contribution is -2.56. The third-order valence-electron chi connectivity index (χ3n) is 5.79. The van der Waals surface area contributed by atoms with Crippen LogP contribution in [-0.4, -0.2) is 62.4 Å². The van der Waals surface area contributed by atoms with Gasteiger partial charge in [0.15, 0.2) is 5.96 Å². The summed E-state index contributed by atoms with van der Waals surface area (Å²) in [6, 6.07) is 8.32. The largest absolute Gasteiger partial charge is 0.490 e. The molecule has 7 heteroatoms. The molecule has 2 fully saturated rings. The first-order valence-corrected chi connectivity index (χ1v) is 10.6. The molecule has 0 radical (unpaired) electrons.